The molecule has 0 saturated carbocycles. The average molecular weight is 453 g/mol. The molecule has 5 nitrogen and oxygen atoms in total. The lowest BCUT2D eigenvalue weighted by Gasteiger charge is -2.34. The minimum Gasteiger partial charge on any atom is -0.336 e. The van der Waals surface area contributed by atoms with Crippen LogP contribution in [0.4, 0.5) is 0 Å². The highest BCUT2D eigenvalue weighted by Crippen LogP contribution is 2.23. The van der Waals surface area contributed by atoms with Crippen LogP contribution in [0.15, 0.2) is 53.3 Å². The fourth-order valence-electron chi connectivity index (χ4n) is 3.48. The first-order chi connectivity index (χ1) is 13.5. The Morgan fingerprint density at radius 2 is 1.69 bits per heavy atom. The summed E-state index contributed by atoms with van der Waals surface area (Å²) in [7, 11) is 0. The zero-order valence-electron chi connectivity index (χ0n) is 15.5. The van der Waals surface area contributed by atoms with Gasteiger partial charge in [0, 0.05) is 49.9 Å². The molecule has 3 aromatic rings. The summed E-state index contributed by atoms with van der Waals surface area (Å²) in [5, 5.41) is 1.97. The van der Waals surface area contributed by atoms with Gasteiger partial charge in [-0.2, -0.15) is 0 Å². The summed E-state index contributed by atoms with van der Waals surface area (Å²) in [4.78, 5) is 31.2. The van der Waals surface area contributed by atoms with Crippen LogP contribution in [0.1, 0.15) is 15.9 Å². The third kappa shape index (κ3) is 4.93. The first-order valence-electron chi connectivity index (χ1n) is 9.08. The number of aromatic nitrogens is 1. The number of benzene rings is 2. The largest absolute Gasteiger partial charge is 0.336 e. The Kier molecular flexibility index (Phi) is 6.85. The van der Waals surface area contributed by atoms with E-state index in [2.05, 4.69) is 9.88 Å². The van der Waals surface area contributed by atoms with Gasteiger partial charge in [0.15, 0.2) is 0 Å². The van der Waals surface area contributed by atoms with Crippen molar-refractivity contribution in [1.82, 2.24) is 14.8 Å². The number of halogens is 3. The number of H-pyrrole nitrogens is 1. The molecule has 29 heavy (non-hydrogen) atoms. The van der Waals surface area contributed by atoms with Crippen LogP contribution in [0.2, 0.25) is 10.0 Å². The van der Waals surface area contributed by atoms with Gasteiger partial charge >= 0.3 is 0 Å². The molecule has 8 heteroatoms. The molecule has 0 bridgehead atoms. The number of rotatable bonds is 3. The Morgan fingerprint density at radius 3 is 2.41 bits per heavy atom. The summed E-state index contributed by atoms with van der Waals surface area (Å²) < 4.78 is 0. The molecule has 2 aromatic carbocycles. The number of piperazine rings is 1. The number of nitrogens with one attached hydrogen (secondary N) is 1. The summed E-state index contributed by atoms with van der Waals surface area (Å²) >= 11 is 12.1. The summed E-state index contributed by atoms with van der Waals surface area (Å²) in [6.07, 6.45) is 0. The molecule has 0 radical (unpaired) electrons. The van der Waals surface area contributed by atoms with Crippen molar-refractivity contribution >= 4 is 52.4 Å². The molecule has 152 valence electrons. The maximum Gasteiger partial charge on any atom is 0.253 e. The summed E-state index contributed by atoms with van der Waals surface area (Å²) in [5.74, 6) is 0.0160. The van der Waals surface area contributed by atoms with Crippen LogP contribution in [0.25, 0.3) is 10.9 Å². The topological polar surface area (TPSA) is 56.4 Å². The van der Waals surface area contributed by atoms with Crippen molar-refractivity contribution in [1.29, 1.82) is 0 Å². The Morgan fingerprint density at radius 1 is 0.931 bits per heavy atom. The molecule has 0 atom stereocenters. The fourth-order valence-corrected chi connectivity index (χ4v) is 3.80. The highest BCUT2D eigenvalue weighted by molar-refractivity contribution is 6.42. The number of hydrogen-bond acceptors (Lipinski definition) is 3. The van der Waals surface area contributed by atoms with Crippen molar-refractivity contribution in [3.05, 3.63) is 80.1 Å². The van der Waals surface area contributed by atoms with E-state index in [1.165, 1.54) is 6.07 Å². The number of nitrogens with zero attached hydrogens (tertiary/aromatic N) is 2. The van der Waals surface area contributed by atoms with E-state index >= 15 is 0 Å². The molecule has 0 aliphatic carbocycles. The molecule has 1 N–H and O–H groups in total. The molecular formula is C21H20Cl3N3O2. The van der Waals surface area contributed by atoms with Crippen LogP contribution in [-0.4, -0.2) is 46.9 Å². The lowest BCUT2D eigenvalue weighted by Crippen LogP contribution is -2.48. The van der Waals surface area contributed by atoms with Crippen molar-refractivity contribution in [2.75, 3.05) is 26.2 Å². The number of carbonyl (C=O) groups excluding carboxylic acids is 1. The first kappa shape index (κ1) is 21.7. The molecule has 1 aliphatic heterocycles. The standard InChI is InChI=1S/C21H19Cl2N3O2.ClH/c22-17-4-1-14(11-18(17)23)13-25-7-9-26(10-8-25)21(28)16-2-5-19-15(12-16)3-6-20(27)24-19;/h1-6,11-12H,7-10,13H2,(H,24,27);1H. The number of amides is 1. The number of fused-ring (bicyclic) bond motifs is 1. The highest BCUT2D eigenvalue weighted by atomic mass is 35.5. The Hall–Kier alpha value is -2.05. The third-order valence-electron chi connectivity index (χ3n) is 5.02. The number of carbonyl (C=O) groups is 1. The molecule has 2 heterocycles. The summed E-state index contributed by atoms with van der Waals surface area (Å²) in [6.45, 7) is 3.72. The molecule has 0 unspecified atom stereocenters. The smallest absolute Gasteiger partial charge is 0.253 e. The SMILES string of the molecule is Cl.O=C(c1ccc2[nH]c(=O)ccc2c1)N1CCN(Cc2ccc(Cl)c(Cl)c2)CC1. The van der Waals surface area contributed by atoms with Crippen LogP contribution in [0.3, 0.4) is 0 Å². The van der Waals surface area contributed by atoms with E-state index in [0.29, 0.717) is 28.7 Å². The van der Waals surface area contributed by atoms with Crippen molar-refractivity contribution in [3.63, 3.8) is 0 Å². The molecule has 1 amide bonds. The minimum absolute atomic E-state index is 0. The van der Waals surface area contributed by atoms with Gasteiger partial charge in [-0.15, -0.1) is 12.4 Å². The second-order valence-corrected chi connectivity index (χ2v) is 7.76. The highest BCUT2D eigenvalue weighted by Gasteiger charge is 2.22. The third-order valence-corrected chi connectivity index (χ3v) is 5.76. The molecule has 1 aliphatic rings. The van der Waals surface area contributed by atoms with E-state index in [1.54, 1.807) is 18.2 Å². The predicted octanol–water partition coefficient (Wildman–Crippen LogP) is 4.21. The van der Waals surface area contributed by atoms with E-state index in [-0.39, 0.29) is 23.9 Å². The fraction of sp³-hybridized carbons (Fsp3) is 0.238. The van der Waals surface area contributed by atoms with Crippen LogP contribution >= 0.6 is 35.6 Å². The van der Waals surface area contributed by atoms with Crippen molar-refractivity contribution in [2.45, 2.75) is 6.54 Å². The Balaban J connectivity index is 0.00000240. The van der Waals surface area contributed by atoms with E-state index in [9.17, 15) is 9.59 Å². The Labute approximate surface area is 184 Å². The zero-order valence-corrected chi connectivity index (χ0v) is 17.9. The number of aromatic amines is 1. The predicted molar refractivity (Wildman–Crippen MR) is 119 cm³/mol. The van der Waals surface area contributed by atoms with E-state index < -0.39 is 0 Å². The second kappa shape index (κ2) is 9.18. The molecule has 1 aromatic heterocycles. The normalized spacial score (nSPS) is 14.6. The van der Waals surface area contributed by atoms with Gasteiger partial charge < -0.3 is 9.88 Å². The summed E-state index contributed by atoms with van der Waals surface area (Å²) in [6, 6.07) is 14.3. The lowest BCUT2D eigenvalue weighted by atomic mass is 10.1. The average Bonchev–Trinajstić information content (AvgIpc) is 2.70. The van der Waals surface area contributed by atoms with Crippen LogP contribution < -0.4 is 5.56 Å². The maximum atomic E-state index is 12.9. The quantitative estimate of drug-likeness (QED) is 0.647. The molecular weight excluding hydrogens is 433 g/mol. The van der Waals surface area contributed by atoms with Crippen molar-refractivity contribution in [2.24, 2.45) is 0 Å². The first-order valence-corrected chi connectivity index (χ1v) is 9.84. The van der Waals surface area contributed by atoms with Gasteiger partial charge in [-0.3, -0.25) is 14.5 Å². The van der Waals surface area contributed by atoms with Crippen molar-refractivity contribution < 1.29 is 4.79 Å². The molecule has 1 fully saturated rings. The van der Waals surface area contributed by atoms with Gasteiger partial charge in [0.25, 0.3) is 5.91 Å². The second-order valence-electron chi connectivity index (χ2n) is 6.94. The zero-order chi connectivity index (χ0) is 19.7. The van der Waals surface area contributed by atoms with Gasteiger partial charge in [-0.05, 0) is 47.3 Å². The number of hydrogen-bond donors (Lipinski definition) is 1. The Bertz CT molecular complexity index is 1090. The molecule has 0 spiro atoms. The van der Waals surface area contributed by atoms with E-state index in [4.69, 9.17) is 23.2 Å². The van der Waals surface area contributed by atoms with Crippen LogP contribution in [0.5, 0.6) is 0 Å². The van der Waals surface area contributed by atoms with Crippen LogP contribution in [-0.2, 0) is 6.54 Å². The monoisotopic (exact) mass is 451 g/mol. The molecule has 1 saturated heterocycles. The summed E-state index contributed by atoms with van der Waals surface area (Å²) in [5.41, 5.74) is 2.33. The van der Waals surface area contributed by atoms with Gasteiger partial charge in [-0.1, -0.05) is 29.3 Å². The number of pyridine rings is 1. The van der Waals surface area contributed by atoms with Crippen molar-refractivity contribution in [3.8, 4) is 0 Å². The van der Waals surface area contributed by atoms with Gasteiger partial charge in [0.1, 0.15) is 0 Å². The van der Waals surface area contributed by atoms with Gasteiger partial charge in [-0.25, -0.2) is 0 Å². The van der Waals surface area contributed by atoms with E-state index in [1.807, 2.05) is 29.2 Å². The molecule has 4 rings (SSSR count). The van der Waals surface area contributed by atoms with E-state index in [0.717, 1.165) is 36.1 Å². The van der Waals surface area contributed by atoms with Crippen LogP contribution in [0, 0.1) is 0 Å². The van der Waals surface area contributed by atoms with Gasteiger partial charge in [0.2, 0.25) is 5.56 Å². The van der Waals surface area contributed by atoms with Gasteiger partial charge in [0.05, 0.1) is 10.0 Å². The maximum absolute atomic E-state index is 12.9. The minimum atomic E-state index is -0.148. The lowest BCUT2D eigenvalue weighted by molar-refractivity contribution is 0.0628.